The van der Waals surface area contributed by atoms with E-state index < -0.39 is 0 Å². The maximum absolute atomic E-state index is 12.9. The van der Waals surface area contributed by atoms with Gasteiger partial charge in [0.05, 0.1) is 12.3 Å². The predicted molar refractivity (Wildman–Crippen MR) is 86.0 cm³/mol. The van der Waals surface area contributed by atoms with Crippen LogP contribution in [0.15, 0.2) is 35.7 Å². The third-order valence-electron chi connectivity index (χ3n) is 2.82. The molecule has 0 aliphatic rings. The van der Waals surface area contributed by atoms with Crippen LogP contribution in [0, 0.1) is 5.82 Å². The third kappa shape index (κ3) is 4.75. The minimum absolute atomic E-state index is 0.0487. The van der Waals surface area contributed by atoms with Crippen molar-refractivity contribution in [2.75, 3.05) is 13.7 Å². The van der Waals surface area contributed by atoms with E-state index in [0.717, 1.165) is 10.6 Å². The van der Waals surface area contributed by atoms with Gasteiger partial charge in [-0.05, 0) is 37.3 Å². The molecule has 0 saturated carbocycles. The number of nitrogens with one attached hydrogen (secondary N) is 1. The van der Waals surface area contributed by atoms with E-state index in [1.807, 2.05) is 12.3 Å². The summed E-state index contributed by atoms with van der Waals surface area (Å²) in [6.07, 6.45) is 3.09. The highest BCUT2D eigenvalue weighted by molar-refractivity contribution is 7.13. The molecule has 1 aromatic carbocycles. The molecule has 1 N–H and O–H groups in total. The lowest BCUT2D eigenvalue weighted by Gasteiger charge is -2.10. The average Bonchev–Trinajstić information content (AvgIpc) is 2.95. The lowest BCUT2D eigenvalue weighted by molar-refractivity contribution is -0.117. The van der Waals surface area contributed by atoms with Crippen LogP contribution in [-0.4, -0.2) is 30.6 Å². The first-order valence-corrected chi connectivity index (χ1v) is 7.65. The van der Waals surface area contributed by atoms with Crippen molar-refractivity contribution in [3.05, 3.63) is 47.2 Å². The number of nitrogens with zero attached hydrogens (tertiary/aromatic N) is 1. The van der Waals surface area contributed by atoms with Gasteiger partial charge in [-0.1, -0.05) is 0 Å². The second-order valence-electron chi connectivity index (χ2n) is 4.78. The molecule has 22 heavy (non-hydrogen) atoms. The maximum Gasteiger partial charge on any atom is 0.244 e. The highest BCUT2D eigenvalue weighted by Crippen LogP contribution is 2.24. The summed E-state index contributed by atoms with van der Waals surface area (Å²) in [5.41, 5.74) is 1.54. The van der Waals surface area contributed by atoms with Crippen LogP contribution in [0.4, 0.5) is 4.39 Å². The van der Waals surface area contributed by atoms with E-state index in [-0.39, 0.29) is 17.8 Å². The van der Waals surface area contributed by atoms with Gasteiger partial charge >= 0.3 is 0 Å². The van der Waals surface area contributed by atoms with Crippen LogP contribution in [-0.2, 0) is 9.53 Å². The zero-order chi connectivity index (χ0) is 15.9. The first-order chi connectivity index (χ1) is 10.6. The molecule has 1 unspecified atom stereocenters. The van der Waals surface area contributed by atoms with E-state index in [1.165, 1.54) is 29.5 Å². The van der Waals surface area contributed by atoms with Crippen molar-refractivity contribution in [3.63, 3.8) is 0 Å². The number of methoxy groups -OCH3 is 1. The zero-order valence-electron chi connectivity index (χ0n) is 12.4. The standard InChI is InChI=1S/C16H17FN2O2S/c1-11(9-21-2)18-15(20)8-7-14-10-22-16(19-14)12-3-5-13(17)6-4-12/h3-8,10-11H,9H2,1-2H3,(H,18,20). The fourth-order valence-electron chi connectivity index (χ4n) is 1.83. The van der Waals surface area contributed by atoms with Gasteiger partial charge in [0.25, 0.3) is 0 Å². The van der Waals surface area contributed by atoms with Crippen molar-refractivity contribution < 1.29 is 13.9 Å². The Hall–Kier alpha value is -2.05. The normalized spacial score (nSPS) is 12.5. The molecule has 0 bridgehead atoms. The number of hydrogen-bond acceptors (Lipinski definition) is 4. The smallest absolute Gasteiger partial charge is 0.244 e. The zero-order valence-corrected chi connectivity index (χ0v) is 13.2. The summed E-state index contributed by atoms with van der Waals surface area (Å²) in [5.74, 6) is -0.469. The Bertz CT molecular complexity index is 652. The molecule has 0 saturated heterocycles. The summed E-state index contributed by atoms with van der Waals surface area (Å²) < 4.78 is 17.8. The molecule has 2 rings (SSSR count). The number of benzene rings is 1. The number of carbonyl (C=O) groups is 1. The van der Waals surface area contributed by atoms with Crippen LogP contribution >= 0.6 is 11.3 Å². The summed E-state index contributed by atoms with van der Waals surface area (Å²) in [4.78, 5) is 16.1. The molecule has 0 spiro atoms. The highest BCUT2D eigenvalue weighted by Gasteiger charge is 2.05. The van der Waals surface area contributed by atoms with Crippen molar-refractivity contribution >= 4 is 23.3 Å². The van der Waals surface area contributed by atoms with Gasteiger partial charge < -0.3 is 10.1 Å². The van der Waals surface area contributed by atoms with Crippen LogP contribution in [0.5, 0.6) is 0 Å². The number of carbonyl (C=O) groups excluding carboxylic acids is 1. The first kappa shape index (κ1) is 16.3. The van der Waals surface area contributed by atoms with Gasteiger partial charge in [0, 0.05) is 30.2 Å². The quantitative estimate of drug-likeness (QED) is 0.832. The number of hydrogen-bond donors (Lipinski definition) is 1. The van der Waals surface area contributed by atoms with Crippen molar-refractivity contribution in [3.8, 4) is 10.6 Å². The maximum atomic E-state index is 12.9. The molecule has 0 aliphatic heterocycles. The van der Waals surface area contributed by atoms with Gasteiger partial charge in [-0.15, -0.1) is 11.3 Å². The lowest BCUT2D eigenvalue weighted by atomic mass is 10.2. The second kappa shape index (κ2) is 7.82. The Balaban J connectivity index is 1.98. The Morgan fingerprint density at radius 2 is 2.18 bits per heavy atom. The Labute approximate surface area is 132 Å². The minimum Gasteiger partial charge on any atom is -0.383 e. The first-order valence-electron chi connectivity index (χ1n) is 6.77. The summed E-state index contributed by atoms with van der Waals surface area (Å²) in [6, 6.07) is 6.11. The Morgan fingerprint density at radius 1 is 1.45 bits per heavy atom. The van der Waals surface area contributed by atoms with Crippen molar-refractivity contribution in [1.82, 2.24) is 10.3 Å². The summed E-state index contributed by atoms with van der Waals surface area (Å²) in [5, 5.41) is 5.41. The topological polar surface area (TPSA) is 51.2 Å². The molecule has 0 aliphatic carbocycles. The molecule has 4 nitrogen and oxygen atoms in total. The van der Waals surface area contributed by atoms with Gasteiger partial charge in [-0.25, -0.2) is 9.37 Å². The van der Waals surface area contributed by atoms with Gasteiger partial charge in [-0.3, -0.25) is 4.79 Å². The molecule has 0 radical (unpaired) electrons. The third-order valence-corrected chi connectivity index (χ3v) is 3.73. The van der Waals surface area contributed by atoms with Crippen molar-refractivity contribution in [1.29, 1.82) is 0 Å². The molecule has 1 amide bonds. The highest BCUT2D eigenvalue weighted by atomic mass is 32.1. The predicted octanol–water partition coefficient (Wildman–Crippen LogP) is 3.11. The van der Waals surface area contributed by atoms with Gasteiger partial charge in [0.2, 0.25) is 5.91 Å². The van der Waals surface area contributed by atoms with Gasteiger partial charge in [-0.2, -0.15) is 0 Å². The van der Waals surface area contributed by atoms with Crippen molar-refractivity contribution in [2.45, 2.75) is 13.0 Å². The number of aromatic nitrogens is 1. The van der Waals surface area contributed by atoms with E-state index in [4.69, 9.17) is 4.74 Å². The molecule has 0 fully saturated rings. The molecule has 1 heterocycles. The number of thiazole rings is 1. The fourth-order valence-corrected chi connectivity index (χ4v) is 2.63. The SMILES string of the molecule is COCC(C)NC(=O)C=Cc1csc(-c2ccc(F)cc2)n1. The van der Waals surface area contributed by atoms with Gasteiger partial charge in [0.1, 0.15) is 10.8 Å². The minimum atomic E-state index is -0.276. The monoisotopic (exact) mass is 320 g/mol. The number of rotatable bonds is 6. The number of halogens is 1. The lowest BCUT2D eigenvalue weighted by Crippen LogP contribution is -2.34. The summed E-state index contributed by atoms with van der Waals surface area (Å²) in [6.45, 7) is 2.33. The number of amides is 1. The van der Waals surface area contributed by atoms with E-state index in [0.29, 0.717) is 12.3 Å². The van der Waals surface area contributed by atoms with E-state index in [9.17, 15) is 9.18 Å². The van der Waals surface area contributed by atoms with Crippen LogP contribution in [0.2, 0.25) is 0 Å². The molecular formula is C16H17FN2O2S. The Kier molecular flexibility index (Phi) is 5.80. The van der Waals surface area contributed by atoms with Crippen LogP contribution in [0.25, 0.3) is 16.6 Å². The van der Waals surface area contributed by atoms with E-state index >= 15 is 0 Å². The molecule has 1 aromatic heterocycles. The number of ether oxygens (including phenoxy) is 1. The molecule has 6 heteroatoms. The van der Waals surface area contributed by atoms with Crippen LogP contribution < -0.4 is 5.32 Å². The Morgan fingerprint density at radius 3 is 2.86 bits per heavy atom. The molecule has 2 aromatic rings. The second-order valence-corrected chi connectivity index (χ2v) is 5.64. The van der Waals surface area contributed by atoms with Crippen molar-refractivity contribution in [2.24, 2.45) is 0 Å². The average molecular weight is 320 g/mol. The van der Waals surface area contributed by atoms with E-state index in [1.54, 1.807) is 25.3 Å². The summed E-state index contributed by atoms with van der Waals surface area (Å²) in [7, 11) is 1.59. The largest absolute Gasteiger partial charge is 0.383 e. The fraction of sp³-hybridized carbons (Fsp3) is 0.250. The molecule has 116 valence electrons. The van der Waals surface area contributed by atoms with E-state index in [2.05, 4.69) is 10.3 Å². The molecule has 1 atom stereocenters. The van der Waals surface area contributed by atoms with Crippen LogP contribution in [0.3, 0.4) is 0 Å². The van der Waals surface area contributed by atoms with Gasteiger partial charge in [0.15, 0.2) is 0 Å². The summed E-state index contributed by atoms with van der Waals surface area (Å²) >= 11 is 1.45. The van der Waals surface area contributed by atoms with Crippen LogP contribution in [0.1, 0.15) is 12.6 Å². The molecular weight excluding hydrogens is 303 g/mol.